The van der Waals surface area contributed by atoms with Crippen LogP contribution in [0, 0.1) is 11.3 Å². The smallest absolute Gasteiger partial charge is 0.315 e. The van der Waals surface area contributed by atoms with E-state index in [0.29, 0.717) is 6.42 Å². The summed E-state index contributed by atoms with van der Waals surface area (Å²) in [6.07, 6.45) is 0.456. The van der Waals surface area contributed by atoms with E-state index in [1.54, 1.807) is 13.8 Å². The first kappa shape index (κ1) is 19.2. The molecule has 0 bridgehead atoms. The number of carbonyl (C=O) groups is 3. The van der Waals surface area contributed by atoms with E-state index in [1.165, 1.54) is 0 Å². The van der Waals surface area contributed by atoms with E-state index < -0.39 is 29.4 Å². The molecule has 0 rings (SSSR count). The van der Waals surface area contributed by atoms with Crippen LogP contribution in [0.3, 0.4) is 0 Å². The van der Waals surface area contributed by atoms with E-state index in [2.05, 4.69) is 10.6 Å². The first-order chi connectivity index (χ1) is 9.32. The predicted molar refractivity (Wildman–Crippen MR) is 79.6 cm³/mol. The lowest BCUT2D eigenvalue weighted by molar-refractivity contribution is -0.142. The molecule has 0 aliphatic rings. The number of hydrogen-bond donors (Lipinski definition) is 4. The van der Waals surface area contributed by atoms with Crippen molar-refractivity contribution >= 4 is 17.9 Å². The highest BCUT2D eigenvalue weighted by molar-refractivity contribution is 5.79. The monoisotopic (exact) mass is 301 g/mol. The minimum atomic E-state index is -0.943. The van der Waals surface area contributed by atoms with Gasteiger partial charge in [-0.3, -0.25) is 9.59 Å². The van der Waals surface area contributed by atoms with Crippen LogP contribution in [-0.2, 0) is 9.59 Å². The Balaban J connectivity index is 4.44. The molecule has 1 unspecified atom stereocenters. The largest absolute Gasteiger partial charge is 0.481 e. The van der Waals surface area contributed by atoms with Gasteiger partial charge in [0.05, 0.1) is 5.92 Å². The number of amides is 3. The van der Waals surface area contributed by atoms with Gasteiger partial charge in [0, 0.05) is 18.5 Å². The third kappa shape index (κ3) is 9.70. The highest BCUT2D eigenvalue weighted by Gasteiger charge is 2.27. The number of hydrogen-bond acceptors (Lipinski definition) is 3. The van der Waals surface area contributed by atoms with Gasteiger partial charge in [0.15, 0.2) is 0 Å². The van der Waals surface area contributed by atoms with Crippen LogP contribution in [0.2, 0.25) is 0 Å². The van der Waals surface area contributed by atoms with E-state index in [0.717, 1.165) is 0 Å². The van der Waals surface area contributed by atoms with Crippen molar-refractivity contribution in [1.82, 2.24) is 10.6 Å². The second kappa shape index (κ2) is 7.28. The summed E-state index contributed by atoms with van der Waals surface area (Å²) in [4.78, 5) is 33.8. The van der Waals surface area contributed by atoms with Crippen LogP contribution < -0.4 is 16.4 Å². The molecule has 0 fully saturated rings. The molecule has 0 saturated heterocycles. The highest BCUT2D eigenvalue weighted by atomic mass is 16.4. The summed E-state index contributed by atoms with van der Waals surface area (Å²) >= 11 is 0. The molecule has 0 aliphatic carbocycles. The maximum absolute atomic E-state index is 11.8. The summed E-state index contributed by atoms with van der Waals surface area (Å²) in [6, 6.07) is -0.513. The Kier molecular flexibility index (Phi) is 6.66. The normalized spacial score (nSPS) is 13.4. The molecule has 5 N–H and O–H groups in total. The number of carbonyl (C=O) groups excluding carboxylic acids is 2. The van der Waals surface area contributed by atoms with Gasteiger partial charge < -0.3 is 21.5 Å². The van der Waals surface area contributed by atoms with Gasteiger partial charge in [0.1, 0.15) is 0 Å². The lowest BCUT2D eigenvalue weighted by atomic mass is 9.84. The molecule has 7 nitrogen and oxygen atoms in total. The third-order valence-electron chi connectivity index (χ3n) is 2.79. The maximum atomic E-state index is 11.8. The molecule has 0 aromatic heterocycles. The molecule has 7 heteroatoms. The van der Waals surface area contributed by atoms with Crippen LogP contribution in [-0.4, -0.2) is 35.1 Å². The Hall–Kier alpha value is -1.79. The van der Waals surface area contributed by atoms with Crippen molar-refractivity contribution in [2.45, 2.75) is 53.0 Å². The Labute approximate surface area is 125 Å². The molecule has 0 aromatic carbocycles. The predicted octanol–water partition coefficient (Wildman–Crippen LogP) is 1.08. The van der Waals surface area contributed by atoms with Crippen molar-refractivity contribution in [1.29, 1.82) is 0 Å². The van der Waals surface area contributed by atoms with Crippen molar-refractivity contribution < 1.29 is 19.5 Å². The van der Waals surface area contributed by atoms with Gasteiger partial charge in [0.25, 0.3) is 0 Å². The van der Waals surface area contributed by atoms with E-state index in [4.69, 9.17) is 10.8 Å². The van der Waals surface area contributed by atoms with Crippen LogP contribution in [0.5, 0.6) is 0 Å². The minimum Gasteiger partial charge on any atom is -0.481 e. The lowest BCUT2D eigenvalue weighted by Crippen LogP contribution is -2.51. The fourth-order valence-electron chi connectivity index (χ4n) is 2.03. The number of urea groups is 1. The van der Waals surface area contributed by atoms with Gasteiger partial charge in [0.2, 0.25) is 5.91 Å². The molecule has 122 valence electrons. The molecule has 1 atom stereocenters. The quantitative estimate of drug-likeness (QED) is 0.562. The Bertz CT molecular complexity index is 400. The van der Waals surface area contributed by atoms with Gasteiger partial charge in [-0.15, -0.1) is 0 Å². The number of carboxylic acid groups (broad SMARTS) is 1. The van der Waals surface area contributed by atoms with Gasteiger partial charge in [-0.25, -0.2) is 4.79 Å². The zero-order valence-electron chi connectivity index (χ0n) is 13.4. The maximum Gasteiger partial charge on any atom is 0.315 e. The van der Waals surface area contributed by atoms with Crippen molar-refractivity contribution in [2.75, 3.05) is 6.54 Å². The second-order valence-corrected chi connectivity index (χ2v) is 7.16. The summed E-state index contributed by atoms with van der Waals surface area (Å²) in [5.41, 5.74) is 4.17. The molecule has 0 saturated carbocycles. The topological polar surface area (TPSA) is 122 Å². The number of primary amides is 1. The van der Waals surface area contributed by atoms with Crippen LogP contribution in [0.1, 0.15) is 47.5 Å². The molecular formula is C14H27N3O4. The molecule has 0 aromatic rings. The van der Waals surface area contributed by atoms with Gasteiger partial charge in [-0.05, 0) is 25.7 Å². The number of aliphatic carboxylic acids is 1. The van der Waals surface area contributed by atoms with Gasteiger partial charge in [-0.1, -0.05) is 20.8 Å². The van der Waals surface area contributed by atoms with Crippen LogP contribution >= 0.6 is 0 Å². The van der Waals surface area contributed by atoms with Crippen molar-refractivity contribution in [3.63, 3.8) is 0 Å². The molecule has 21 heavy (non-hydrogen) atoms. The third-order valence-corrected chi connectivity index (χ3v) is 2.79. The summed E-state index contributed by atoms with van der Waals surface area (Å²) < 4.78 is 0. The second-order valence-electron chi connectivity index (χ2n) is 7.16. The van der Waals surface area contributed by atoms with Crippen molar-refractivity contribution in [3.8, 4) is 0 Å². The Morgan fingerprint density at radius 3 is 2.05 bits per heavy atom. The number of nitrogens with two attached hydrogens (primary N) is 1. The average Bonchev–Trinajstić information content (AvgIpc) is 2.19. The highest BCUT2D eigenvalue weighted by Crippen LogP contribution is 2.24. The fourth-order valence-corrected chi connectivity index (χ4v) is 2.03. The fraction of sp³-hybridized carbons (Fsp3) is 0.786. The molecule has 0 radical (unpaired) electrons. The molecular weight excluding hydrogens is 274 g/mol. The minimum absolute atomic E-state index is 0.00473. The van der Waals surface area contributed by atoms with Crippen LogP contribution in [0.15, 0.2) is 0 Å². The van der Waals surface area contributed by atoms with Crippen molar-refractivity contribution in [2.24, 2.45) is 17.1 Å². The molecule has 0 spiro atoms. The zero-order chi connectivity index (χ0) is 16.8. The van der Waals surface area contributed by atoms with E-state index in [1.807, 2.05) is 20.8 Å². The summed E-state index contributed by atoms with van der Waals surface area (Å²) in [7, 11) is 0. The lowest BCUT2D eigenvalue weighted by Gasteiger charge is -2.26. The summed E-state index contributed by atoms with van der Waals surface area (Å²) in [6.45, 7) is 9.20. The number of nitrogens with one attached hydrogen (secondary N) is 2. The SMILES string of the molecule is CC(C)(C)CC(CNC(=O)NC(C)(C)CC(N)=O)C(=O)O. The molecule has 0 heterocycles. The van der Waals surface area contributed by atoms with Crippen LogP contribution in [0.4, 0.5) is 4.79 Å². The molecule has 0 aliphatic heterocycles. The summed E-state index contributed by atoms with van der Waals surface area (Å²) in [5.74, 6) is -2.12. The van der Waals surface area contributed by atoms with E-state index >= 15 is 0 Å². The molecule has 3 amide bonds. The Morgan fingerprint density at radius 2 is 1.67 bits per heavy atom. The zero-order valence-corrected chi connectivity index (χ0v) is 13.4. The first-order valence-electron chi connectivity index (χ1n) is 6.89. The average molecular weight is 301 g/mol. The van der Waals surface area contributed by atoms with E-state index in [-0.39, 0.29) is 18.4 Å². The van der Waals surface area contributed by atoms with Gasteiger partial charge in [-0.2, -0.15) is 0 Å². The van der Waals surface area contributed by atoms with Crippen molar-refractivity contribution in [3.05, 3.63) is 0 Å². The van der Waals surface area contributed by atoms with Crippen LogP contribution in [0.25, 0.3) is 0 Å². The Morgan fingerprint density at radius 1 is 1.14 bits per heavy atom. The summed E-state index contributed by atoms with van der Waals surface area (Å²) in [5, 5.41) is 14.3. The van der Waals surface area contributed by atoms with Gasteiger partial charge >= 0.3 is 12.0 Å². The number of carboxylic acids is 1. The number of rotatable bonds is 7. The standard InChI is InChI=1S/C14H27N3O4/c1-13(2,3)6-9(11(19)20)8-16-12(21)17-14(4,5)7-10(15)18/h9H,6-8H2,1-5H3,(H2,15,18)(H,19,20)(H2,16,17,21). The first-order valence-corrected chi connectivity index (χ1v) is 6.89. The van der Waals surface area contributed by atoms with E-state index in [9.17, 15) is 14.4 Å².